The van der Waals surface area contributed by atoms with E-state index >= 15 is 0 Å². The Hall–Kier alpha value is -2.69. The lowest BCUT2D eigenvalue weighted by atomic mass is 10.2. The molecule has 1 heterocycles. The molecule has 0 saturated heterocycles. The molecule has 0 aliphatic heterocycles. The van der Waals surface area contributed by atoms with Gasteiger partial charge in [0.15, 0.2) is 0 Å². The topological polar surface area (TPSA) is 121 Å². The average Bonchev–Trinajstić information content (AvgIpc) is 3.04. The fourth-order valence-electron chi connectivity index (χ4n) is 2.98. The van der Waals surface area contributed by atoms with Gasteiger partial charge in [-0.15, -0.1) is 0 Å². The zero-order valence-corrected chi connectivity index (χ0v) is 18.1. The van der Waals surface area contributed by atoms with Crippen LogP contribution in [0.25, 0.3) is 11.0 Å². The molecule has 0 bridgehead atoms. The van der Waals surface area contributed by atoms with Gasteiger partial charge in [-0.3, -0.25) is 0 Å². The van der Waals surface area contributed by atoms with Crippen molar-refractivity contribution in [3.63, 3.8) is 0 Å². The summed E-state index contributed by atoms with van der Waals surface area (Å²) in [6.07, 6.45) is 0.00813. The lowest BCUT2D eigenvalue weighted by Gasteiger charge is -2.28. The molecule has 0 unspecified atom stereocenters. The monoisotopic (exact) mass is 423 g/mol. The zero-order valence-electron chi connectivity index (χ0n) is 18.1. The summed E-state index contributed by atoms with van der Waals surface area (Å²) >= 11 is 0. The highest BCUT2D eigenvalue weighted by atomic mass is 16.9. The molecule has 0 fully saturated rings. The van der Waals surface area contributed by atoms with Crippen LogP contribution in [0.4, 0.5) is 4.79 Å². The summed E-state index contributed by atoms with van der Waals surface area (Å²) in [5, 5.41) is 12.0. The first-order chi connectivity index (χ1) is 14.1. The number of aromatic carboxylic acids is 1. The summed E-state index contributed by atoms with van der Waals surface area (Å²) in [5.74, 6) is -2.29. The van der Waals surface area contributed by atoms with Crippen molar-refractivity contribution in [2.75, 3.05) is 27.9 Å². The maximum Gasteiger partial charge on any atom is 0.407 e. The number of hydrogen-bond acceptors (Lipinski definition) is 7. The number of fused-ring (bicyclic) bond motifs is 1. The van der Waals surface area contributed by atoms with Gasteiger partial charge in [-0.2, -0.15) is 0 Å². The van der Waals surface area contributed by atoms with Crippen molar-refractivity contribution in [3.05, 3.63) is 29.6 Å². The smallest absolute Gasteiger partial charge is 0.407 e. The van der Waals surface area contributed by atoms with E-state index in [1.54, 1.807) is 31.4 Å². The number of carboxylic acids is 1. The molecule has 166 valence electrons. The quantitative estimate of drug-likeness (QED) is 0.466. The second kappa shape index (κ2) is 9.41. The predicted molar refractivity (Wildman–Crippen MR) is 108 cm³/mol. The first-order valence-electron chi connectivity index (χ1n) is 9.43. The lowest BCUT2D eigenvalue weighted by Crippen LogP contribution is -2.37. The van der Waals surface area contributed by atoms with Crippen molar-refractivity contribution < 1.29 is 33.6 Å². The molecular weight excluding hydrogens is 394 g/mol. The van der Waals surface area contributed by atoms with Crippen LogP contribution in [0.15, 0.2) is 18.2 Å². The Kier molecular flexibility index (Phi) is 7.40. The van der Waals surface area contributed by atoms with Gasteiger partial charge in [0.05, 0.1) is 16.6 Å². The van der Waals surface area contributed by atoms with E-state index in [0.717, 1.165) is 0 Å². The number of carboxylic acid groups (broad SMARTS) is 1. The van der Waals surface area contributed by atoms with E-state index in [2.05, 4.69) is 10.3 Å². The third kappa shape index (κ3) is 5.26. The predicted octanol–water partition coefficient (Wildman–Crippen LogP) is 2.70. The lowest BCUT2D eigenvalue weighted by molar-refractivity contribution is -0.369. The maximum atomic E-state index is 11.8. The second-order valence-electron chi connectivity index (χ2n) is 7.55. The molecule has 0 atom stereocenters. The van der Waals surface area contributed by atoms with Gasteiger partial charge >= 0.3 is 18.0 Å². The fraction of sp³-hybridized carbons (Fsp3) is 0.550. The van der Waals surface area contributed by atoms with Crippen LogP contribution in [0.2, 0.25) is 0 Å². The molecule has 2 N–H and O–H groups in total. The number of carbonyl (C=O) groups is 2. The number of carbonyl (C=O) groups excluding carboxylic acids is 1. The molecule has 1 aromatic heterocycles. The third-order valence-corrected chi connectivity index (χ3v) is 4.30. The van der Waals surface area contributed by atoms with Crippen molar-refractivity contribution in [2.45, 2.75) is 45.3 Å². The number of methoxy groups -OCH3 is 3. The Morgan fingerprint density at radius 1 is 1.13 bits per heavy atom. The summed E-state index contributed by atoms with van der Waals surface area (Å²) in [4.78, 5) is 27.8. The Morgan fingerprint density at radius 3 is 2.30 bits per heavy atom. The minimum Gasteiger partial charge on any atom is -0.478 e. The van der Waals surface area contributed by atoms with Crippen molar-refractivity contribution in [2.24, 2.45) is 0 Å². The molecule has 2 rings (SSSR count). The number of alkyl carbamates (subject to hydrolysis) is 1. The van der Waals surface area contributed by atoms with E-state index in [1.165, 1.54) is 33.5 Å². The van der Waals surface area contributed by atoms with Crippen LogP contribution in [0.1, 0.15) is 43.4 Å². The van der Waals surface area contributed by atoms with E-state index in [9.17, 15) is 14.7 Å². The van der Waals surface area contributed by atoms with Crippen LogP contribution < -0.4 is 5.32 Å². The number of nitrogens with one attached hydrogen (secondary N) is 1. The van der Waals surface area contributed by atoms with Crippen molar-refractivity contribution in [1.29, 1.82) is 0 Å². The second-order valence-corrected chi connectivity index (χ2v) is 7.55. The summed E-state index contributed by atoms with van der Waals surface area (Å²) in [6, 6.07) is 4.62. The number of nitrogens with zero attached hydrogens (tertiary/aromatic N) is 2. The molecular formula is C20H29N3O7. The molecule has 1 aromatic carbocycles. The van der Waals surface area contributed by atoms with Crippen LogP contribution >= 0.6 is 0 Å². The summed E-state index contributed by atoms with van der Waals surface area (Å²) < 4.78 is 23.3. The normalized spacial score (nSPS) is 12.2. The number of amides is 1. The van der Waals surface area contributed by atoms with Gasteiger partial charge in [0.25, 0.3) is 0 Å². The van der Waals surface area contributed by atoms with E-state index in [-0.39, 0.29) is 5.56 Å². The number of ether oxygens (including phenoxy) is 4. The first-order valence-corrected chi connectivity index (χ1v) is 9.43. The summed E-state index contributed by atoms with van der Waals surface area (Å²) in [5.41, 5.74) is 0.684. The Balaban J connectivity index is 2.32. The van der Waals surface area contributed by atoms with Gasteiger partial charge < -0.3 is 33.9 Å². The van der Waals surface area contributed by atoms with Gasteiger partial charge in [-0.05, 0) is 45.4 Å². The Labute approximate surface area is 175 Å². The van der Waals surface area contributed by atoms with Gasteiger partial charge in [0, 0.05) is 34.4 Å². The minimum absolute atomic E-state index is 0.125. The average molecular weight is 423 g/mol. The van der Waals surface area contributed by atoms with E-state index in [0.29, 0.717) is 36.4 Å². The highest BCUT2D eigenvalue weighted by molar-refractivity contribution is 5.92. The number of aryl methyl sites for hydroxylation is 1. The summed E-state index contributed by atoms with van der Waals surface area (Å²) in [6.45, 7) is 6.10. The van der Waals surface area contributed by atoms with Crippen molar-refractivity contribution >= 4 is 23.1 Å². The first kappa shape index (κ1) is 23.6. The molecule has 0 spiro atoms. The van der Waals surface area contributed by atoms with Crippen LogP contribution in [-0.4, -0.2) is 60.2 Å². The molecule has 30 heavy (non-hydrogen) atoms. The maximum absolute atomic E-state index is 11.8. The van der Waals surface area contributed by atoms with E-state index in [1.807, 2.05) is 0 Å². The van der Waals surface area contributed by atoms with Crippen LogP contribution in [0, 0.1) is 0 Å². The number of aromatic nitrogens is 2. The van der Waals surface area contributed by atoms with Crippen LogP contribution in [0.5, 0.6) is 0 Å². The summed E-state index contributed by atoms with van der Waals surface area (Å²) in [7, 11) is 4.26. The molecule has 0 aliphatic rings. The van der Waals surface area contributed by atoms with Gasteiger partial charge in [0.2, 0.25) is 5.82 Å². The largest absolute Gasteiger partial charge is 0.478 e. The highest BCUT2D eigenvalue weighted by Gasteiger charge is 2.38. The van der Waals surface area contributed by atoms with Crippen LogP contribution in [-0.2, 0) is 31.5 Å². The standard InChI is InChI=1S/C20H29N3O7/c1-19(2,3)30-18(26)21-10-7-11-23-15-12-13(16(24)25)8-9-14(15)22-17(23)20(27-4,28-5)29-6/h8-9,12H,7,10-11H2,1-6H3,(H,21,26)(H,24,25). The highest BCUT2D eigenvalue weighted by Crippen LogP contribution is 2.30. The van der Waals surface area contributed by atoms with Crippen molar-refractivity contribution in [1.82, 2.24) is 14.9 Å². The third-order valence-electron chi connectivity index (χ3n) is 4.30. The number of hydrogen-bond donors (Lipinski definition) is 2. The van der Waals surface area contributed by atoms with E-state index < -0.39 is 23.6 Å². The van der Waals surface area contributed by atoms with Gasteiger partial charge in [0.1, 0.15) is 5.60 Å². The Bertz CT molecular complexity index is 889. The number of benzene rings is 1. The zero-order chi connectivity index (χ0) is 22.5. The molecule has 10 heteroatoms. The van der Waals surface area contributed by atoms with Crippen molar-refractivity contribution in [3.8, 4) is 0 Å². The minimum atomic E-state index is -1.57. The van der Waals surface area contributed by atoms with E-state index in [4.69, 9.17) is 18.9 Å². The van der Waals surface area contributed by atoms with Gasteiger partial charge in [-0.25, -0.2) is 14.6 Å². The molecule has 0 radical (unpaired) electrons. The molecule has 10 nitrogen and oxygen atoms in total. The number of rotatable bonds is 9. The number of imidazole rings is 1. The molecule has 1 amide bonds. The molecule has 0 saturated carbocycles. The fourth-order valence-corrected chi connectivity index (χ4v) is 2.98. The van der Waals surface area contributed by atoms with Gasteiger partial charge in [-0.1, -0.05) is 0 Å². The molecule has 2 aromatic rings. The molecule has 0 aliphatic carbocycles. The van der Waals surface area contributed by atoms with Crippen LogP contribution in [0.3, 0.4) is 0 Å². The SMILES string of the molecule is COC(OC)(OC)c1nc2ccc(C(=O)O)cc2n1CCCNC(=O)OC(C)(C)C. The Morgan fingerprint density at radius 2 is 1.77 bits per heavy atom.